The molecule has 0 radical (unpaired) electrons. The fraction of sp³-hybridized carbons (Fsp3) is 0.500. The number of hydrogen-bond acceptors (Lipinski definition) is 2. The highest BCUT2D eigenvalue weighted by molar-refractivity contribution is 5.87. The monoisotopic (exact) mass is 275 g/mol. The Hall–Kier alpha value is -1.84. The lowest BCUT2D eigenvalue weighted by molar-refractivity contribution is -0.146. The van der Waals surface area contributed by atoms with E-state index in [2.05, 4.69) is 6.07 Å². The molecule has 0 heterocycles. The van der Waals surface area contributed by atoms with Crippen LogP contribution >= 0.6 is 0 Å². The number of hydrogen-bond donors (Lipinski definition) is 1. The maximum absolute atomic E-state index is 12.7. The summed E-state index contributed by atoms with van der Waals surface area (Å²) in [5.74, 6) is -1.22. The second-order valence-electron chi connectivity index (χ2n) is 5.60. The van der Waals surface area contributed by atoms with Gasteiger partial charge in [-0.1, -0.05) is 24.3 Å². The first kappa shape index (κ1) is 14.6. The van der Waals surface area contributed by atoms with E-state index in [1.165, 1.54) is 10.5 Å². The van der Waals surface area contributed by atoms with E-state index in [0.29, 0.717) is 0 Å². The summed E-state index contributed by atoms with van der Waals surface area (Å²) >= 11 is 0. The molecule has 0 aromatic heterocycles. The van der Waals surface area contributed by atoms with Gasteiger partial charge in [0.2, 0.25) is 5.91 Å². The maximum Gasteiger partial charge on any atom is 0.323 e. The van der Waals surface area contributed by atoms with E-state index in [1.54, 1.807) is 0 Å². The average Bonchev–Trinajstić information content (AvgIpc) is 2.43. The van der Waals surface area contributed by atoms with Crippen LogP contribution in [0.5, 0.6) is 0 Å². The summed E-state index contributed by atoms with van der Waals surface area (Å²) in [6.45, 7) is 3.49. The fourth-order valence-electron chi connectivity index (χ4n) is 2.87. The molecule has 1 N–H and O–H groups in total. The number of carboxylic acid groups (broad SMARTS) is 1. The molecule has 2 rings (SSSR count). The minimum absolute atomic E-state index is 0.0606. The summed E-state index contributed by atoms with van der Waals surface area (Å²) in [4.78, 5) is 25.1. The lowest BCUT2D eigenvalue weighted by atomic mass is 9.82. The number of aryl methyl sites for hydroxylation is 1. The topological polar surface area (TPSA) is 57.6 Å². The average molecular weight is 275 g/mol. The zero-order valence-electron chi connectivity index (χ0n) is 12.0. The number of carbonyl (C=O) groups is 2. The summed E-state index contributed by atoms with van der Waals surface area (Å²) in [5, 5.41) is 8.98. The highest BCUT2D eigenvalue weighted by Gasteiger charge is 2.31. The summed E-state index contributed by atoms with van der Waals surface area (Å²) in [5.41, 5.74) is 2.29. The van der Waals surface area contributed by atoms with Gasteiger partial charge in [-0.05, 0) is 44.2 Å². The predicted molar refractivity (Wildman–Crippen MR) is 76.6 cm³/mol. The normalized spacial score (nSPS) is 17.6. The molecule has 0 saturated heterocycles. The van der Waals surface area contributed by atoms with E-state index in [-0.39, 0.29) is 24.4 Å². The first-order valence-electron chi connectivity index (χ1n) is 7.10. The molecule has 108 valence electrons. The van der Waals surface area contributed by atoms with Crippen molar-refractivity contribution in [2.45, 2.75) is 45.1 Å². The lowest BCUT2D eigenvalue weighted by Gasteiger charge is -2.32. The predicted octanol–water partition coefficient (Wildman–Crippen LogP) is 2.43. The van der Waals surface area contributed by atoms with Crippen molar-refractivity contribution >= 4 is 11.9 Å². The van der Waals surface area contributed by atoms with Crippen molar-refractivity contribution in [2.75, 3.05) is 6.54 Å². The van der Waals surface area contributed by atoms with Gasteiger partial charge < -0.3 is 10.0 Å². The number of nitrogens with zero attached hydrogens (tertiary/aromatic N) is 1. The molecule has 1 amide bonds. The summed E-state index contributed by atoms with van der Waals surface area (Å²) in [6.07, 6.45) is 2.78. The Morgan fingerprint density at radius 2 is 2.05 bits per heavy atom. The third-order valence-corrected chi connectivity index (χ3v) is 3.88. The minimum Gasteiger partial charge on any atom is -0.480 e. The maximum atomic E-state index is 12.7. The van der Waals surface area contributed by atoms with Gasteiger partial charge in [0, 0.05) is 6.04 Å². The van der Waals surface area contributed by atoms with Gasteiger partial charge in [-0.2, -0.15) is 0 Å². The summed E-state index contributed by atoms with van der Waals surface area (Å²) < 4.78 is 0. The number of aliphatic carboxylic acids is 1. The molecule has 0 bridgehead atoms. The molecule has 20 heavy (non-hydrogen) atoms. The van der Waals surface area contributed by atoms with Crippen LogP contribution in [0.25, 0.3) is 0 Å². The van der Waals surface area contributed by atoms with Crippen LogP contribution < -0.4 is 0 Å². The Morgan fingerprint density at radius 1 is 1.35 bits per heavy atom. The van der Waals surface area contributed by atoms with E-state index < -0.39 is 5.97 Å². The van der Waals surface area contributed by atoms with Crippen LogP contribution in [0.3, 0.4) is 0 Å². The Morgan fingerprint density at radius 3 is 2.70 bits per heavy atom. The van der Waals surface area contributed by atoms with Gasteiger partial charge in [0.15, 0.2) is 0 Å². The molecule has 0 fully saturated rings. The molecule has 4 heteroatoms. The van der Waals surface area contributed by atoms with Gasteiger partial charge in [0.1, 0.15) is 6.54 Å². The van der Waals surface area contributed by atoms with E-state index >= 15 is 0 Å². The Bertz CT molecular complexity index is 510. The zero-order chi connectivity index (χ0) is 14.7. The SMILES string of the molecule is CC(C)N(CC(=O)O)C(=O)C1CCCc2ccccc21. The molecule has 1 unspecified atom stereocenters. The van der Waals surface area contributed by atoms with Crippen LogP contribution in [-0.4, -0.2) is 34.5 Å². The molecule has 1 aliphatic rings. The largest absolute Gasteiger partial charge is 0.480 e. The third-order valence-electron chi connectivity index (χ3n) is 3.88. The number of carboxylic acids is 1. The van der Waals surface area contributed by atoms with Crippen LogP contribution in [0, 0.1) is 0 Å². The lowest BCUT2D eigenvalue weighted by Crippen LogP contribution is -2.43. The second kappa shape index (κ2) is 6.07. The molecule has 1 aromatic carbocycles. The minimum atomic E-state index is -0.962. The van der Waals surface area contributed by atoms with Crippen LogP contribution in [0.4, 0.5) is 0 Å². The number of fused-ring (bicyclic) bond motifs is 1. The molecular weight excluding hydrogens is 254 g/mol. The van der Waals surface area contributed by atoms with Crippen molar-refractivity contribution in [1.29, 1.82) is 0 Å². The van der Waals surface area contributed by atoms with Crippen molar-refractivity contribution in [1.82, 2.24) is 4.90 Å². The Labute approximate surface area is 119 Å². The quantitative estimate of drug-likeness (QED) is 0.918. The van der Waals surface area contributed by atoms with Crippen LogP contribution in [0.2, 0.25) is 0 Å². The van der Waals surface area contributed by atoms with E-state index in [9.17, 15) is 9.59 Å². The van der Waals surface area contributed by atoms with Gasteiger partial charge >= 0.3 is 5.97 Å². The number of amides is 1. The standard InChI is InChI=1S/C16H21NO3/c1-11(2)17(10-15(18)19)16(20)14-9-5-7-12-6-3-4-8-13(12)14/h3-4,6,8,11,14H,5,7,9-10H2,1-2H3,(H,18,19). The van der Waals surface area contributed by atoms with Crippen LogP contribution in [0.1, 0.15) is 43.7 Å². The smallest absolute Gasteiger partial charge is 0.323 e. The molecular formula is C16H21NO3. The molecule has 0 aliphatic heterocycles. The van der Waals surface area contributed by atoms with Gasteiger partial charge in [-0.15, -0.1) is 0 Å². The number of rotatable bonds is 4. The molecule has 1 atom stereocenters. The molecule has 1 aliphatic carbocycles. The highest BCUT2D eigenvalue weighted by Crippen LogP contribution is 2.33. The van der Waals surface area contributed by atoms with Crippen LogP contribution in [-0.2, 0) is 16.0 Å². The van der Waals surface area contributed by atoms with Crippen LogP contribution in [0.15, 0.2) is 24.3 Å². The van der Waals surface area contributed by atoms with Crippen molar-refractivity contribution in [3.05, 3.63) is 35.4 Å². The first-order valence-corrected chi connectivity index (χ1v) is 7.10. The van der Waals surface area contributed by atoms with Gasteiger partial charge in [0.25, 0.3) is 0 Å². The molecule has 0 spiro atoms. The number of benzene rings is 1. The van der Waals surface area contributed by atoms with Gasteiger partial charge in [-0.25, -0.2) is 0 Å². The van der Waals surface area contributed by atoms with Gasteiger partial charge in [-0.3, -0.25) is 9.59 Å². The molecule has 1 aromatic rings. The van der Waals surface area contributed by atoms with Crippen molar-refractivity contribution in [2.24, 2.45) is 0 Å². The molecule has 0 saturated carbocycles. The van der Waals surface area contributed by atoms with Gasteiger partial charge in [0.05, 0.1) is 5.92 Å². The Kier molecular flexibility index (Phi) is 4.42. The Balaban J connectivity index is 2.26. The molecule has 4 nitrogen and oxygen atoms in total. The second-order valence-corrected chi connectivity index (χ2v) is 5.60. The third kappa shape index (κ3) is 3.00. The van der Waals surface area contributed by atoms with Crippen molar-refractivity contribution < 1.29 is 14.7 Å². The summed E-state index contributed by atoms with van der Waals surface area (Å²) in [6, 6.07) is 7.89. The summed E-state index contributed by atoms with van der Waals surface area (Å²) in [7, 11) is 0. The van der Waals surface area contributed by atoms with E-state index in [4.69, 9.17) is 5.11 Å². The van der Waals surface area contributed by atoms with Crippen molar-refractivity contribution in [3.8, 4) is 0 Å². The fourth-order valence-corrected chi connectivity index (χ4v) is 2.87. The van der Waals surface area contributed by atoms with E-state index in [1.807, 2.05) is 32.0 Å². The zero-order valence-corrected chi connectivity index (χ0v) is 12.0. The first-order chi connectivity index (χ1) is 9.50. The van der Waals surface area contributed by atoms with E-state index in [0.717, 1.165) is 24.8 Å². The van der Waals surface area contributed by atoms with Crippen molar-refractivity contribution in [3.63, 3.8) is 0 Å². The highest BCUT2D eigenvalue weighted by atomic mass is 16.4. The number of carbonyl (C=O) groups excluding carboxylic acids is 1.